The van der Waals surface area contributed by atoms with Crippen LogP contribution in [0.15, 0.2) is 48.7 Å². The highest BCUT2D eigenvalue weighted by Crippen LogP contribution is 2.24. The Bertz CT molecular complexity index is 951. The fraction of sp³-hybridized carbons (Fsp3) is 0.348. The van der Waals surface area contributed by atoms with E-state index in [9.17, 15) is 4.79 Å². The fourth-order valence-electron chi connectivity index (χ4n) is 4.01. The highest BCUT2D eigenvalue weighted by atomic mass is 16.2. The van der Waals surface area contributed by atoms with Gasteiger partial charge in [-0.2, -0.15) is 0 Å². The molecule has 27 heavy (non-hydrogen) atoms. The second kappa shape index (κ2) is 7.47. The number of nitrogens with zero attached hydrogens (tertiary/aromatic N) is 2. The number of aromatic amines is 1. The number of hydrogen-bond acceptors (Lipinski definition) is 2. The van der Waals surface area contributed by atoms with Gasteiger partial charge >= 0.3 is 0 Å². The number of aryl methyl sites for hydroxylation is 2. The van der Waals surface area contributed by atoms with Gasteiger partial charge in [0.15, 0.2) is 0 Å². The molecule has 1 aliphatic heterocycles. The van der Waals surface area contributed by atoms with E-state index in [0.717, 1.165) is 38.1 Å². The molecule has 1 N–H and O–H groups in total. The lowest BCUT2D eigenvalue weighted by atomic mass is 10.1. The summed E-state index contributed by atoms with van der Waals surface area (Å²) < 4.78 is 0. The number of nitrogens with one attached hydrogen (secondary N) is 1. The number of amides is 1. The molecule has 3 aromatic rings. The second-order valence-electron chi connectivity index (χ2n) is 7.45. The zero-order valence-corrected chi connectivity index (χ0v) is 16.2. The summed E-state index contributed by atoms with van der Waals surface area (Å²) in [5.74, 6) is 0.265. The van der Waals surface area contributed by atoms with E-state index >= 15 is 0 Å². The Kier molecular flexibility index (Phi) is 4.88. The molecule has 1 saturated heterocycles. The van der Waals surface area contributed by atoms with Crippen molar-refractivity contribution in [3.05, 3.63) is 65.4 Å². The maximum atomic E-state index is 12.7. The van der Waals surface area contributed by atoms with Gasteiger partial charge in [0.1, 0.15) is 0 Å². The van der Waals surface area contributed by atoms with Gasteiger partial charge in [-0.25, -0.2) is 0 Å². The van der Waals surface area contributed by atoms with Crippen LogP contribution in [-0.2, 0) is 11.2 Å². The molecule has 0 saturated carbocycles. The fourth-order valence-corrected chi connectivity index (χ4v) is 4.01. The second-order valence-corrected chi connectivity index (χ2v) is 7.45. The lowest BCUT2D eigenvalue weighted by Gasteiger charge is -2.37. The molecule has 1 aromatic heterocycles. The zero-order valence-electron chi connectivity index (χ0n) is 16.2. The number of hydrogen-bond donors (Lipinski definition) is 1. The van der Waals surface area contributed by atoms with Crippen LogP contribution < -0.4 is 4.90 Å². The Morgan fingerprint density at radius 1 is 1.00 bits per heavy atom. The van der Waals surface area contributed by atoms with Crippen LogP contribution in [0.25, 0.3) is 10.9 Å². The first-order valence-corrected chi connectivity index (χ1v) is 9.77. The third-order valence-electron chi connectivity index (χ3n) is 5.83. The van der Waals surface area contributed by atoms with Crippen molar-refractivity contribution in [2.24, 2.45) is 0 Å². The van der Waals surface area contributed by atoms with Crippen LogP contribution in [0.4, 0.5) is 5.69 Å². The first-order chi connectivity index (χ1) is 13.1. The van der Waals surface area contributed by atoms with Crippen LogP contribution in [0.1, 0.15) is 23.1 Å². The van der Waals surface area contributed by atoms with Crippen molar-refractivity contribution >= 4 is 22.5 Å². The summed E-state index contributed by atoms with van der Waals surface area (Å²) in [5.41, 5.74) is 6.34. The summed E-state index contributed by atoms with van der Waals surface area (Å²) in [6.45, 7) is 7.76. The maximum Gasteiger partial charge on any atom is 0.223 e. The summed E-state index contributed by atoms with van der Waals surface area (Å²) >= 11 is 0. The summed E-state index contributed by atoms with van der Waals surface area (Å²) in [4.78, 5) is 20.4. The standard InChI is InChI=1S/C23H27N3O/c1-17-6-5-9-22(18(17)2)25-12-14-26(15-13-25)23(27)11-10-19-16-24-21-8-4-3-7-20(19)21/h3-9,16,24H,10-15H2,1-2H3. The monoisotopic (exact) mass is 361 g/mol. The zero-order chi connectivity index (χ0) is 18.8. The Morgan fingerprint density at radius 3 is 2.59 bits per heavy atom. The van der Waals surface area contributed by atoms with E-state index in [0.29, 0.717) is 6.42 Å². The van der Waals surface area contributed by atoms with E-state index in [1.807, 2.05) is 23.2 Å². The van der Waals surface area contributed by atoms with Gasteiger partial charge < -0.3 is 14.8 Å². The van der Waals surface area contributed by atoms with Gasteiger partial charge in [0.05, 0.1) is 0 Å². The number of fused-ring (bicyclic) bond motifs is 1. The molecular formula is C23H27N3O. The van der Waals surface area contributed by atoms with Crippen LogP contribution in [0.5, 0.6) is 0 Å². The topological polar surface area (TPSA) is 39.3 Å². The number of para-hydroxylation sites is 1. The molecule has 4 nitrogen and oxygen atoms in total. The first kappa shape index (κ1) is 17.7. The molecule has 4 heteroatoms. The Morgan fingerprint density at radius 2 is 1.78 bits per heavy atom. The highest BCUT2D eigenvalue weighted by molar-refractivity contribution is 5.84. The summed E-state index contributed by atoms with van der Waals surface area (Å²) in [6.07, 6.45) is 3.40. The number of carbonyl (C=O) groups is 1. The Labute approximate surface area is 160 Å². The van der Waals surface area contributed by atoms with Crippen molar-refractivity contribution < 1.29 is 4.79 Å². The molecule has 0 bridgehead atoms. The van der Waals surface area contributed by atoms with E-state index in [-0.39, 0.29) is 5.91 Å². The van der Waals surface area contributed by atoms with E-state index < -0.39 is 0 Å². The largest absolute Gasteiger partial charge is 0.368 e. The predicted octanol–water partition coefficient (Wildman–Crippen LogP) is 4.07. The van der Waals surface area contributed by atoms with Crippen molar-refractivity contribution in [2.75, 3.05) is 31.1 Å². The quantitative estimate of drug-likeness (QED) is 0.761. The van der Waals surface area contributed by atoms with Crippen LogP contribution in [-0.4, -0.2) is 42.0 Å². The molecule has 0 spiro atoms. The molecule has 0 aliphatic carbocycles. The predicted molar refractivity (Wildman–Crippen MR) is 111 cm³/mol. The molecule has 1 aliphatic rings. The van der Waals surface area contributed by atoms with Gasteiger partial charge in [-0.05, 0) is 49.1 Å². The third-order valence-corrected chi connectivity index (χ3v) is 5.83. The average molecular weight is 361 g/mol. The number of carbonyl (C=O) groups excluding carboxylic acids is 1. The smallest absolute Gasteiger partial charge is 0.223 e. The third kappa shape index (κ3) is 3.57. The number of H-pyrrole nitrogens is 1. The minimum Gasteiger partial charge on any atom is -0.368 e. The van der Waals surface area contributed by atoms with Crippen molar-refractivity contribution in [1.82, 2.24) is 9.88 Å². The molecule has 4 rings (SSSR count). The SMILES string of the molecule is Cc1cccc(N2CCN(C(=O)CCc3c[nH]c4ccccc34)CC2)c1C. The van der Waals surface area contributed by atoms with Gasteiger partial charge in [-0.1, -0.05) is 30.3 Å². The molecule has 0 unspecified atom stereocenters. The molecule has 0 atom stereocenters. The number of anilines is 1. The number of aromatic nitrogens is 1. The van der Waals surface area contributed by atoms with E-state index in [2.05, 4.69) is 54.1 Å². The Balaban J connectivity index is 1.34. The Hall–Kier alpha value is -2.75. The summed E-state index contributed by atoms with van der Waals surface area (Å²) in [7, 11) is 0. The first-order valence-electron chi connectivity index (χ1n) is 9.77. The maximum absolute atomic E-state index is 12.7. The average Bonchev–Trinajstić information content (AvgIpc) is 3.12. The van der Waals surface area contributed by atoms with Crippen LogP contribution in [0.2, 0.25) is 0 Å². The molecule has 1 fully saturated rings. The lowest BCUT2D eigenvalue weighted by molar-refractivity contribution is -0.131. The van der Waals surface area contributed by atoms with E-state index in [1.54, 1.807) is 0 Å². The number of rotatable bonds is 4. The van der Waals surface area contributed by atoms with Crippen molar-refractivity contribution in [3.8, 4) is 0 Å². The molecular weight excluding hydrogens is 334 g/mol. The minimum absolute atomic E-state index is 0.265. The van der Waals surface area contributed by atoms with Crippen molar-refractivity contribution in [3.63, 3.8) is 0 Å². The molecule has 2 aromatic carbocycles. The summed E-state index contributed by atoms with van der Waals surface area (Å²) in [6, 6.07) is 14.7. The van der Waals surface area contributed by atoms with Crippen molar-refractivity contribution in [1.29, 1.82) is 0 Å². The molecule has 140 valence electrons. The molecule has 2 heterocycles. The van der Waals surface area contributed by atoms with Crippen LogP contribution in [0.3, 0.4) is 0 Å². The van der Waals surface area contributed by atoms with Gasteiger partial charge in [0, 0.05) is 55.4 Å². The number of benzene rings is 2. The highest BCUT2D eigenvalue weighted by Gasteiger charge is 2.22. The van der Waals surface area contributed by atoms with Gasteiger partial charge in [0.2, 0.25) is 5.91 Å². The van der Waals surface area contributed by atoms with Gasteiger partial charge in [-0.3, -0.25) is 4.79 Å². The molecule has 0 radical (unpaired) electrons. The minimum atomic E-state index is 0.265. The van der Waals surface area contributed by atoms with E-state index in [4.69, 9.17) is 0 Å². The van der Waals surface area contributed by atoms with Gasteiger partial charge in [-0.15, -0.1) is 0 Å². The molecule has 1 amide bonds. The normalized spacial score (nSPS) is 14.7. The van der Waals surface area contributed by atoms with Crippen LogP contribution >= 0.6 is 0 Å². The van der Waals surface area contributed by atoms with Gasteiger partial charge in [0.25, 0.3) is 0 Å². The van der Waals surface area contributed by atoms with Crippen LogP contribution in [0, 0.1) is 13.8 Å². The van der Waals surface area contributed by atoms with E-state index in [1.165, 1.54) is 27.8 Å². The lowest BCUT2D eigenvalue weighted by Crippen LogP contribution is -2.49. The summed E-state index contributed by atoms with van der Waals surface area (Å²) in [5, 5.41) is 1.23. The number of piperazine rings is 1. The van der Waals surface area contributed by atoms with Crippen molar-refractivity contribution in [2.45, 2.75) is 26.7 Å².